The number of allylic oxidation sites excluding steroid dienone is 3. The van der Waals surface area contributed by atoms with Gasteiger partial charge in [-0.15, -0.1) is 0 Å². The van der Waals surface area contributed by atoms with Gasteiger partial charge in [-0.3, -0.25) is 0 Å². The van der Waals surface area contributed by atoms with E-state index in [1.807, 2.05) is 41.5 Å². The molecule has 0 saturated heterocycles. The molecule has 0 unspecified atom stereocenters. The van der Waals surface area contributed by atoms with Crippen LogP contribution in [0.3, 0.4) is 0 Å². The van der Waals surface area contributed by atoms with Crippen LogP contribution >= 0.6 is 0 Å². The molecule has 1 rings (SSSR count). The van der Waals surface area contributed by atoms with Crippen LogP contribution in [0.5, 0.6) is 0 Å². The molecule has 1 nitrogen and oxygen atoms in total. The molecule has 1 aromatic carbocycles. The summed E-state index contributed by atoms with van der Waals surface area (Å²) in [5.41, 5.74) is 8.74. The van der Waals surface area contributed by atoms with Crippen molar-refractivity contribution in [3.8, 4) is 0 Å². The largest absolute Gasteiger partial charge is 0.385 e. The Labute approximate surface area is 177 Å². The van der Waals surface area contributed by atoms with Crippen LogP contribution in [0.2, 0.25) is 0 Å². The Morgan fingerprint density at radius 3 is 1.93 bits per heavy atom. The molecule has 0 fully saturated rings. The Bertz CT molecular complexity index is 603. The predicted octanol–water partition coefficient (Wildman–Crippen LogP) is 8.67. The topological polar surface area (TPSA) is 12.0 Å². The van der Waals surface area contributed by atoms with Gasteiger partial charge in [0.25, 0.3) is 0 Å². The van der Waals surface area contributed by atoms with Gasteiger partial charge in [0.1, 0.15) is 0 Å². The van der Waals surface area contributed by atoms with Crippen molar-refractivity contribution in [2.24, 2.45) is 0 Å². The maximum absolute atomic E-state index is 3.96. The van der Waals surface area contributed by atoms with E-state index in [1.165, 1.54) is 22.3 Å². The summed E-state index contributed by atoms with van der Waals surface area (Å²) in [5, 5.41) is 3.21. The fourth-order valence-electron chi connectivity index (χ4n) is 2.21. The molecule has 0 aliphatic carbocycles. The van der Waals surface area contributed by atoms with Crippen molar-refractivity contribution in [2.75, 3.05) is 6.54 Å². The standard InChI is InChI=1S/C12H16.C11H19N.2C2H6/c1-5-11-8-10(4)6-7-12(11)9(2)3;1-6-10(4)7-11(5)12-8-9(2)3;2*1-2/h6-8H,2,5H2,1,3-4H3;6,12H,2,5,7-8H2,1,3-4H3;2*1-2H3/b;10-6+;;. The first-order chi connectivity index (χ1) is 13.2. The van der Waals surface area contributed by atoms with Gasteiger partial charge in [-0.2, -0.15) is 0 Å². The molecule has 0 heterocycles. The Morgan fingerprint density at radius 2 is 1.54 bits per heavy atom. The van der Waals surface area contributed by atoms with Crippen LogP contribution in [0.1, 0.15) is 85.4 Å². The van der Waals surface area contributed by atoms with Gasteiger partial charge in [0, 0.05) is 18.7 Å². The number of nitrogens with one attached hydrogen (secondary N) is 1. The number of benzene rings is 1. The minimum absolute atomic E-state index is 0.829. The van der Waals surface area contributed by atoms with Gasteiger partial charge in [-0.05, 0) is 52.2 Å². The highest BCUT2D eigenvalue weighted by molar-refractivity contribution is 5.64. The zero-order valence-electron chi connectivity index (χ0n) is 20.6. The molecule has 1 N–H and O–H groups in total. The molecule has 0 spiro atoms. The normalized spacial score (nSPS) is 9.43. The van der Waals surface area contributed by atoms with Crippen LogP contribution in [-0.4, -0.2) is 6.54 Å². The Kier molecular flexibility index (Phi) is 21.6. The smallest absolute Gasteiger partial charge is 0.0351 e. The second-order valence-corrected chi connectivity index (χ2v) is 6.52. The second-order valence-electron chi connectivity index (χ2n) is 6.52. The zero-order chi connectivity index (χ0) is 22.7. The van der Waals surface area contributed by atoms with Crippen molar-refractivity contribution in [2.45, 2.75) is 82.1 Å². The zero-order valence-corrected chi connectivity index (χ0v) is 20.6. The lowest BCUT2D eigenvalue weighted by Crippen LogP contribution is -2.14. The summed E-state index contributed by atoms with van der Waals surface area (Å²) in [5.74, 6) is 0. The summed E-state index contributed by atoms with van der Waals surface area (Å²) in [6, 6.07) is 6.55. The predicted molar refractivity (Wildman–Crippen MR) is 134 cm³/mol. The number of hydrogen-bond acceptors (Lipinski definition) is 1. The third-order valence-corrected chi connectivity index (χ3v) is 3.73. The average molecular weight is 386 g/mol. The number of rotatable bonds is 7. The molecule has 0 bridgehead atoms. The molecule has 1 aromatic rings. The summed E-state index contributed by atoms with van der Waals surface area (Å²) in [6.45, 7) is 33.0. The Morgan fingerprint density at radius 1 is 1.00 bits per heavy atom. The third kappa shape index (κ3) is 16.2. The highest BCUT2D eigenvalue weighted by Crippen LogP contribution is 2.19. The molecule has 0 aliphatic rings. The van der Waals surface area contributed by atoms with E-state index in [0.29, 0.717) is 0 Å². The van der Waals surface area contributed by atoms with E-state index < -0.39 is 0 Å². The highest BCUT2D eigenvalue weighted by Gasteiger charge is 2.00. The van der Waals surface area contributed by atoms with Crippen LogP contribution < -0.4 is 5.32 Å². The van der Waals surface area contributed by atoms with Crippen LogP contribution in [-0.2, 0) is 6.42 Å². The van der Waals surface area contributed by atoms with Crippen molar-refractivity contribution in [3.63, 3.8) is 0 Å². The second kappa shape index (κ2) is 19.7. The summed E-state index contributed by atoms with van der Waals surface area (Å²) >= 11 is 0. The van der Waals surface area contributed by atoms with E-state index in [2.05, 4.69) is 77.0 Å². The lowest BCUT2D eigenvalue weighted by molar-refractivity contribution is 0.834. The van der Waals surface area contributed by atoms with Crippen molar-refractivity contribution < 1.29 is 0 Å². The molecular weight excluding hydrogens is 338 g/mol. The molecule has 160 valence electrons. The number of hydrogen-bond donors (Lipinski definition) is 1. The lowest BCUT2D eigenvalue weighted by atomic mass is 9.98. The summed E-state index contributed by atoms with van der Waals surface area (Å²) < 4.78 is 0. The van der Waals surface area contributed by atoms with E-state index in [-0.39, 0.29) is 0 Å². The van der Waals surface area contributed by atoms with Crippen LogP contribution in [0, 0.1) is 6.92 Å². The van der Waals surface area contributed by atoms with E-state index in [0.717, 1.165) is 36.2 Å². The first-order valence-corrected chi connectivity index (χ1v) is 10.6. The Hall–Kier alpha value is -2.02. The van der Waals surface area contributed by atoms with Crippen molar-refractivity contribution in [1.82, 2.24) is 5.32 Å². The summed E-state index contributed by atoms with van der Waals surface area (Å²) in [7, 11) is 0. The fourth-order valence-corrected chi connectivity index (χ4v) is 2.21. The quantitative estimate of drug-likeness (QED) is 0.463. The lowest BCUT2D eigenvalue weighted by Gasteiger charge is -2.08. The molecule has 0 aliphatic heterocycles. The van der Waals surface area contributed by atoms with Crippen molar-refractivity contribution in [3.05, 3.63) is 77.5 Å². The summed E-state index contributed by atoms with van der Waals surface area (Å²) in [6.07, 6.45) is 4.13. The van der Waals surface area contributed by atoms with E-state index >= 15 is 0 Å². The van der Waals surface area contributed by atoms with Gasteiger partial charge in [-0.1, -0.05) is 101 Å². The maximum Gasteiger partial charge on any atom is 0.0351 e. The molecule has 0 atom stereocenters. The monoisotopic (exact) mass is 385 g/mol. The fraction of sp³-hybridized carbons (Fsp3) is 0.481. The molecule has 0 saturated carbocycles. The van der Waals surface area contributed by atoms with Gasteiger partial charge in [-0.25, -0.2) is 0 Å². The minimum atomic E-state index is 0.829. The van der Waals surface area contributed by atoms with Crippen molar-refractivity contribution in [1.29, 1.82) is 0 Å². The molecular formula is C27H47N. The van der Waals surface area contributed by atoms with E-state index in [1.54, 1.807) is 0 Å². The van der Waals surface area contributed by atoms with Crippen LogP contribution in [0.4, 0.5) is 0 Å². The maximum atomic E-state index is 3.96. The average Bonchev–Trinajstić information content (AvgIpc) is 2.69. The van der Waals surface area contributed by atoms with Gasteiger partial charge >= 0.3 is 0 Å². The van der Waals surface area contributed by atoms with Gasteiger partial charge < -0.3 is 5.32 Å². The molecule has 1 heteroatoms. The molecule has 0 amide bonds. The number of aryl methyl sites for hydroxylation is 2. The van der Waals surface area contributed by atoms with E-state index in [9.17, 15) is 0 Å². The first-order valence-electron chi connectivity index (χ1n) is 10.6. The SMILES string of the molecule is C=C(C)CNC(=C)C/C(C)=C/C.C=C(C)c1ccc(C)cc1CC.CC.CC. The van der Waals surface area contributed by atoms with E-state index in [4.69, 9.17) is 0 Å². The highest BCUT2D eigenvalue weighted by atomic mass is 14.9. The van der Waals surface area contributed by atoms with Crippen molar-refractivity contribution >= 4 is 5.57 Å². The Balaban J connectivity index is -0.000000379. The first kappa shape index (κ1) is 30.7. The van der Waals surface area contributed by atoms with Crippen LogP contribution in [0.15, 0.2) is 60.9 Å². The molecule has 28 heavy (non-hydrogen) atoms. The van der Waals surface area contributed by atoms with Gasteiger partial charge in [0.05, 0.1) is 0 Å². The van der Waals surface area contributed by atoms with Crippen LogP contribution in [0.25, 0.3) is 5.57 Å². The summed E-state index contributed by atoms with van der Waals surface area (Å²) in [4.78, 5) is 0. The van der Waals surface area contributed by atoms with Gasteiger partial charge in [0.15, 0.2) is 0 Å². The third-order valence-electron chi connectivity index (χ3n) is 3.73. The van der Waals surface area contributed by atoms with Gasteiger partial charge in [0.2, 0.25) is 0 Å². The molecule has 0 radical (unpaired) electrons. The minimum Gasteiger partial charge on any atom is -0.385 e. The molecule has 0 aromatic heterocycles.